The van der Waals surface area contributed by atoms with Gasteiger partial charge >= 0.3 is 0 Å². The Kier molecular flexibility index (Phi) is 12.7. The van der Waals surface area contributed by atoms with Crippen molar-refractivity contribution in [1.82, 2.24) is 58.6 Å². The van der Waals surface area contributed by atoms with Gasteiger partial charge in [-0.25, -0.2) is 34.9 Å². The average Bonchev–Trinajstić information content (AvgIpc) is 4.13. The second kappa shape index (κ2) is 18.0. The number of nitrogens with zero attached hydrogens (tertiary/aromatic N) is 11. The third kappa shape index (κ3) is 9.11. The molecular weight excluding hydrogens is 983 g/mol. The quantitative estimate of drug-likeness (QED) is 0.0418. The summed E-state index contributed by atoms with van der Waals surface area (Å²) in [6.45, 7) is -3.37. The maximum atomic E-state index is 13.6. The van der Waals surface area contributed by atoms with E-state index in [1.165, 1.54) is 4.57 Å². The summed E-state index contributed by atoms with van der Waals surface area (Å²) in [6.07, 6.45) is -17.2. The van der Waals surface area contributed by atoms with Crippen LogP contribution in [0.25, 0.3) is 33.5 Å². The molecule has 0 aliphatic carbocycles. The zero-order valence-corrected chi connectivity index (χ0v) is 36.4. The molecule has 0 bridgehead atoms. The van der Waals surface area contributed by atoms with Crippen LogP contribution in [0.1, 0.15) is 18.7 Å². The fourth-order valence-corrected chi connectivity index (χ4v) is 10.2. The van der Waals surface area contributed by atoms with Crippen molar-refractivity contribution in [2.24, 2.45) is 0 Å². The van der Waals surface area contributed by atoms with Gasteiger partial charge in [-0.1, -0.05) is 0 Å². The Hall–Kier alpha value is -5.10. The highest BCUT2D eigenvalue weighted by atomic mass is 31.2. The van der Waals surface area contributed by atoms with E-state index in [1.54, 1.807) is 0 Å². The monoisotopic (exact) mass is 1020 g/mol. The first kappa shape index (κ1) is 47.9. The Morgan fingerprint density at radius 1 is 0.618 bits per heavy atom. The molecule has 0 spiro atoms. The van der Waals surface area contributed by atoms with Crippen molar-refractivity contribution in [2.75, 3.05) is 37.0 Å². The second-order valence-electron chi connectivity index (χ2n) is 14.9. The van der Waals surface area contributed by atoms with Crippen molar-refractivity contribution >= 4 is 74.5 Å². The smallest absolute Gasteiger partial charge is 0.280 e. The van der Waals surface area contributed by atoms with E-state index in [4.69, 9.17) is 49.5 Å². The Labute approximate surface area is 375 Å². The standard InChI is InChI=1S/C30H38N15O20P3/c31-21-12-23(36-4-34-21)43(6-38-12)27-15(47)18(9(1-46)60-27)64-67(54,55)59-3-11-20(17(49)29(62-11)45-8-40-14-25(45)41-30(33)42-26(14)50)65-68(56,57)58-2-10-19(63-66(51,52)53)16(48)28(61-10)44-7-39-13-22(32)35-5-37-24(13)44/h4-11,15-20,27-29,46-49H,1-3H2,(H,54,55)(H,56,57)(H2,31,34,36)(H2,32,35,37)(H2,51,52,53)(H3,33,41,42,50)/p-4/t9-,10-,11-,15-,16-,17-,18-,19-,20-,27-,28-,29-/m1/s1. The van der Waals surface area contributed by atoms with Crippen molar-refractivity contribution in [3.8, 4) is 0 Å². The van der Waals surface area contributed by atoms with E-state index in [0.717, 1.165) is 40.8 Å². The molecule has 0 saturated carbocycles. The van der Waals surface area contributed by atoms with Crippen LogP contribution in [0, 0.1) is 0 Å². The largest absolute Gasteiger partial charge is 0.790 e. The summed E-state index contributed by atoms with van der Waals surface area (Å²) in [5.41, 5.74) is 16.0. The molecule has 11 N–H and O–H groups in total. The van der Waals surface area contributed by atoms with Crippen molar-refractivity contribution in [3.63, 3.8) is 0 Å². The van der Waals surface area contributed by atoms with Gasteiger partial charge in [0.05, 0.1) is 46.6 Å². The lowest BCUT2D eigenvalue weighted by atomic mass is 10.1. The van der Waals surface area contributed by atoms with Gasteiger partial charge in [0.15, 0.2) is 52.8 Å². The number of H-pyrrole nitrogens is 1. The summed E-state index contributed by atoms with van der Waals surface area (Å²) in [7, 11) is -17.5. The number of nitrogen functional groups attached to an aromatic ring is 3. The highest BCUT2D eigenvalue weighted by Gasteiger charge is 2.51. The summed E-state index contributed by atoms with van der Waals surface area (Å²) in [4.78, 5) is 96.8. The van der Waals surface area contributed by atoms with Gasteiger partial charge in [-0.05, 0) is 0 Å². The number of fused-ring (bicyclic) bond motifs is 3. The number of anilines is 3. The molecule has 368 valence electrons. The number of phosphoric acid groups is 3. The molecule has 68 heavy (non-hydrogen) atoms. The maximum Gasteiger partial charge on any atom is 0.280 e. The number of imidazole rings is 3. The van der Waals surface area contributed by atoms with Gasteiger partial charge in [0.1, 0.15) is 78.6 Å². The molecule has 9 heterocycles. The zero-order valence-electron chi connectivity index (χ0n) is 33.8. The molecule has 0 aromatic carbocycles. The van der Waals surface area contributed by atoms with E-state index in [9.17, 15) is 58.5 Å². The predicted octanol–water partition coefficient (Wildman–Crippen LogP) is -6.73. The van der Waals surface area contributed by atoms with Crippen molar-refractivity contribution in [2.45, 2.75) is 73.6 Å². The van der Waals surface area contributed by atoms with Gasteiger partial charge in [-0.15, -0.1) is 0 Å². The SMILES string of the molecule is Nc1nc2c(ncn2[C@@H]2O[C@H](COP(=O)([O-])O[C@H]3[C@@H](O)[C@H](n4cnc5c(N)ncnc54)O[C@@H]3CO)[C@@H](OP(=O)([O-])OC[C@H]3O[C@@H](n4cnc5c(N)ncnc54)[C@H](O)[C@@H]3OP(=O)([O-])[O-])[C@H]2O)c(=O)[nH]1. The molecule has 2 unspecified atom stereocenters. The third-order valence-corrected chi connectivity index (χ3v) is 13.1. The van der Waals surface area contributed by atoms with Gasteiger partial charge in [0, 0.05) is 0 Å². The molecule has 35 nitrogen and oxygen atoms in total. The summed E-state index contributed by atoms with van der Waals surface area (Å²) in [5, 5.41) is 43.9. The maximum absolute atomic E-state index is 13.6. The number of hydrogen-bond donors (Lipinski definition) is 8. The number of nitrogens with two attached hydrogens (primary N) is 3. The fourth-order valence-electron chi connectivity index (χ4n) is 7.73. The summed E-state index contributed by atoms with van der Waals surface area (Å²) in [6, 6.07) is 0. The first-order valence-corrected chi connectivity index (χ1v) is 23.7. The number of nitrogens with one attached hydrogen (secondary N) is 1. The molecule has 38 heteroatoms. The van der Waals surface area contributed by atoms with Crippen molar-refractivity contribution in [1.29, 1.82) is 0 Å². The minimum absolute atomic E-state index is 0.0230. The number of hydrogen-bond acceptors (Lipinski definition) is 31. The van der Waals surface area contributed by atoms with Crippen LogP contribution >= 0.6 is 23.5 Å². The van der Waals surface area contributed by atoms with E-state index in [0.29, 0.717) is 0 Å². The molecule has 3 saturated heterocycles. The highest BCUT2D eigenvalue weighted by Crippen LogP contribution is 2.50. The van der Waals surface area contributed by atoms with Crippen LogP contribution in [0.4, 0.5) is 17.6 Å². The Balaban J connectivity index is 0.942. The number of rotatable bonds is 16. The topological polar surface area (TPSA) is 527 Å². The lowest BCUT2D eigenvalue weighted by Gasteiger charge is -2.35. The van der Waals surface area contributed by atoms with Crippen LogP contribution < -0.4 is 42.3 Å². The fraction of sp³-hybridized carbons (Fsp3) is 0.500. The Morgan fingerprint density at radius 3 is 1.49 bits per heavy atom. The molecule has 14 atom stereocenters. The molecular formula is C30H34N15O20P3-4. The van der Waals surface area contributed by atoms with Gasteiger partial charge < -0.3 is 98.6 Å². The number of aliphatic hydroxyl groups excluding tert-OH is 4. The Morgan fingerprint density at radius 2 is 1.03 bits per heavy atom. The molecule has 9 rings (SSSR count). The van der Waals surface area contributed by atoms with E-state index in [1.807, 2.05) is 0 Å². The average molecular weight is 1020 g/mol. The van der Waals surface area contributed by atoms with Crippen LogP contribution in [0.2, 0.25) is 0 Å². The number of phosphoric ester groups is 3. The number of ether oxygens (including phenoxy) is 3. The first-order chi connectivity index (χ1) is 32.1. The lowest BCUT2D eigenvalue weighted by molar-refractivity contribution is -0.347. The van der Waals surface area contributed by atoms with E-state index in [2.05, 4.69) is 49.4 Å². The van der Waals surface area contributed by atoms with Crippen molar-refractivity contribution < 1.29 is 90.5 Å². The number of aromatic nitrogens is 12. The van der Waals surface area contributed by atoms with Crippen molar-refractivity contribution in [3.05, 3.63) is 42.0 Å². The van der Waals surface area contributed by atoms with Gasteiger partial charge in [0.25, 0.3) is 21.2 Å². The van der Waals surface area contributed by atoms with Gasteiger partial charge in [0.2, 0.25) is 5.95 Å². The van der Waals surface area contributed by atoms with Crippen LogP contribution in [0.5, 0.6) is 0 Å². The van der Waals surface area contributed by atoms with E-state index in [-0.39, 0.29) is 45.1 Å². The lowest BCUT2D eigenvalue weighted by Crippen LogP contribution is -2.40. The molecule has 0 amide bonds. The van der Waals surface area contributed by atoms with E-state index < -0.39 is 128 Å². The normalized spacial score (nSPS) is 30.7. The molecule has 3 aliphatic heterocycles. The van der Waals surface area contributed by atoms with Gasteiger partial charge in [-0.2, -0.15) is 4.98 Å². The first-order valence-electron chi connectivity index (χ1n) is 19.3. The molecule has 0 radical (unpaired) electrons. The van der Waals surface area contributed by atoms with Crippen LogP contribution in [0.15, 0.2) is 36.4 Å². The summed E-state index contributed by atoms with van der Waals surface area (Å²) >= 11 is 0. The molecule has 6 aromatic rings. The minimum Gasteiger partial charge on any atom is -0.790 e. The van der Waals surface area contributed by atoms with Crippen LogP contribution in [-0.4, -0.2) is 154 Å². The Bertz CT molecular complexity index is 3060. The van der Waals surface area contributed by atoms with Crippen LogP contribution in [-0.2, 0) is 50.5 Å². The number of aliphatic hydroxyl groups is 4. The summed E-state index contributed by atoms with van der Waals surface area (Å²) in [5.74, 6) is -0.541. The molecule has 6 aromatic heterocycles. The van der Waals surface area contributed by atoms with Crippen LogP contribution in [0.3, 0.4) is 0 Å². The van der Waals surface area contributed by atoms with Gasteiger partial charge in [-0.3, -0.25) is 32.6 Å². The predicted molar refractivity (Wildman–Crippen MR) is 208 cm³/mol. The zero-order chi connectivity index (χ0) is 48.6. The second-order valence-corrected chi connectivity index (χ2v) is 18.8. The minimum atomic E-state index is -5.93. The number of aromatic amines is 1. The molecule has 3 aliphatic rings. The highest BCUT2D eigenvalue weighted by molar-refractivity contribution is 7.46. The molecule has 3 fully saturated rings. The third-order valence-electron chi connectivity index (χ3n) is 10.7. The summed E-state index contributed by atoms with van der Waals surface area (Å²) < 4.78 is 83.9. The van der Waals surface area contributed by atoms with E-state index >= 15 is 0 Å².